The molecular weight excluding hydrogens is 533 g/mol. The van der Waals surface area contributed by atoms with E-state index in [9.17, 15) is 9.59 Å². The van der Waals surface area contributed by atoms with Crippen LogP contribution < -0.4 is 10.2 Å². The van der Waals surface area contributed by atoms with Crippen LogP contribution in [0.2, 0.25) is 15.1 Å². The lowest BCUT2D eigenvalue weighted by Crippen LogP contribution is -2.49. The molecule has 2 amide bonds. The summed E-state index contributed by atoms with van der Waals surface area (Å²) in [6.07, 6.45) is 3.53. The summed E-state index contributed by atoms with van der Waals surface area (Å²) >= 11 is 18.8. The molecular formula is C28H28Cl3N3O3. The second kappa shape index (κ2) is 12.1. The SMILES string of the molecule is CC(C)CC(=O)N1CCN(c2ccc(NC(=O)C=Cc3ccc(-c4cc(Cl)ccc4Cl)o3)cc2Cl)CC1. The molecule has 0 atom stereocenters. The van der Waals surface area contributed by atoms with Gasteiger partial charge in [-0.1, -0.05) is 48.7 Å². The smallest absolute Gasteiger partial charge is 0.248 e. The molecule has 2 heterocycles. The van der Waals surface area contributed by atoms with Crippen molar-refractivity contribution in [3.63, 3.8) is 0 Å². The number of amides is 2. The third-order valence-corrected chi connectivity index (χ3v) is 6.86. The predicted octanol–water partition coefficient (Wildman–Crippen LogP) is 7.25. The Hall–Kier alpha value is -2.93. The Morgan fingerprint density at radius 3 is 2.43 bits per heavy atom. The van der Waals surface area contributed by atoms with Gasteiger partial charge in [0.15, 0.2) is 0 Å². The largest absolute Gasteiger partial charge is 0.457 e. The number of hydrogen-bond donors (Lipinski definition) is 1. The second-order valence-electron chi connectivity index (χ2n) is 9.28. The van der Waals surface area contributed by atoms with Crippen molar-refractivity contribution in [3.8, 4) is 11.3 Å². The molecule has 3 aromatic rings. The average molecular weight is 561 g/mol. The molecule has 0 unspecified atom stereocenters. The summed E-state index contributed by atoms with van der Waals surface area (Å²) in [4.78, 5) is 28.9. The Bertz CT molecular complexity index is 1310. The summed E-state index contributed by atoms with van der Waals surface area (Å²) in [6, 6.07) is 14.1. The van der Waals surface area contributed by atoms with E-state index >= 15 is 0 Å². The molecule has 0 saturated carbocycles. The fraction of sp³-hybridized carbons (Fsp3) is 0.286. The fourth-order valence-corrected chi connectivity index (χ4v) is 4.81. The Labute approximate surface area is 231 Å². The number of furan rings is 1. The highest BCUT2D eigenvalue weighted by molar-refractivity contribution is 6.35. The van der Waals surface area contributed by atoms with E-state index in [4.69, 9.17) is 39.2 Å². The molecule has 1 N–H and O–H groups in total. The van der Waals surface area contributed by atoms with Crippen LogP contribution in [0, 0.1) is 5.92 Å². The molecule has 1 aliphatic heterocycles. The van der Waals surface area contributed by atoms with Crippen LogP contribution in [0.5, 0.6) is 0 Å². The van der Waals surface area contributed by atoms with Crippen molar-refractivity contribution in [1.82, 2.24) is 4.90 Å². The van der Waals surface area contributed by atoms with Crippen LogP contribution in [0.3, 0.4) is 0 Å². The van der Waals surface area contributed by atoms with Gasteiger partial charge in [0.1, 0.15) is 11.5 Å². The standard InChI is InChI=1S/C28H28Cl3N3O3/c1-18(2)15-28(36)34-13-11-33(12-14-34)25-8-4-20(17-24(25)31)32-27(35)10-6-21-5-9-26(37-21)22-16-19(29)3-7-23(22)30/h3-10,16-18H,11-15H2,1-2H3,(H,32,35). The number of anilines is 2. The molecule has 2 aromatic carbocycles. The average Bonchev–Trinajstić information content (AvgIpc) is 3.33. The number of nitrogens with zero attached hydrogens (tertiary/aromatic N) is 2. The first-order valence-electron chi connectivity index (χ1n) is 12.1. The number of piperazine rings is 1. The maximum Gasteiger partial charge on any atom is 0.248 e. The van der Waals surface area contributed by atoms with Gasteiger partial charge in [0.2, 0.25) is 11.8 Å². The summed E-state index contributed by atoms with van der Waals surface area (Å²) in [5.74, 6) is 1.29. The van der Waals surface area contributed by atoms with Crippen molar-refractivity contribution in [2.45, 2.75) is 20.3 Å². The first-order valence-corrected chi connectivity index (χ1v) is 13.2. The molecule has 0 spiro atoms. The van der Waals surface area contributed by atoms with E-state index in [0.717, 1.165) is 5.69 Å². The van der Waals surface area contributed by atoms with Gasteiger partial charge in [0.25, 0.3) is 0 Å². The van der Waals surface area contributed by atoms with Crippen molar-refractivity contribution in [1.29, 1.82) is 0 Å². The lowest BCUT2D eigenvalue weighted by molar-refractivity contribution is -0.132. The number of carbonyl (C=O) groups excluding carboxylic acids is 2. The van der Waals surface area contributed by atoms with Crippen molar-refractivity contribution < 1.29 is 14.0 Å². The topological polar surface area (TPSA) is 65.8 Å². The molecule has 6 nitrogen and oxygen atoms in total. The monoisotopic (exact) mass is 559 g/mol. The number of rotatable bonds is 7. The fourth-order valence-electron chi connectivity index (χ4n) is 4.13. The number of nitrogens with one attached hydrogen (secondary N) is 1. The Morgan fingerprint density at radius 2 is 1.73 bits per heavy atom. The first-order chi connectivity index (χ1) is 17.7. The van der Waals surface area contributed by atoms with Gasteiger partial charge < -0.3 is 19.5 Å². The van der Waals surface area contributed by atoms with E-state index < -0.39 is 0 Å². The summed E-state index contributed by atoms with van der Waals surface area (Å²) in [7, 11) is 0. The highest BCUT2D eigenvalue weighted by Gasteiger charge is 2.23. The maximum absolute atomic E-state index is 12.5. The van der Waals surface area contributed by atoms with Gasteiger partial charge in [-0.3, -0.25) is 9.59 Å². The lowest BCUT2D eigenvalue weighted by Gasteiger charge is -2.36. The van der Waals surface area contributed by atoms with E-state index in [1.165, 1.54) is 6.08 Å². The first kappa shape index (κ1) is 27.1. The van der Waals surface area contributed by atoms with Gasteiger partial charge in [0, 0.05) is 54.9 Å². The summed E-state index contributed by atoms with van der Waals surface area (Å²) in [6.45, 7) is 6.87. The summed E-state index contributed by atoms with van der Waals surface area (Å²) in [5.41, 5.74) is 2.14. The van der Waals surface area contributed by atoms with Crippen molar-refractivity contribution in [2.75, 3.05) is 36.4 Å². The number of hydrogen-bond acceptors (Lipinski definition) is 4. The molecule has 194 valence electrons. The van der Waals surface area contributed by atoms with Gasteiger partial charge >= 0.3 is 0 Å². The number of benzene rings is 2. The van der Waals surface area contributed by atoms with Crippen molar-refractivity contribution in [2.24, 2.45) is 5.92 Å². The third kappa shape index (κ3) is 7.10. The zero-order valence-corrected chi connectivity index (χ0v) is 22.9. The second-order valence-corrected chi connectivity index (χ2v) is 10.5. The van der Waals surface area contributed by atoms with Crippen LogP contribution in [-0.2, 0) is 9.59 Å². The Morgan fingerprint density at radius 1 is 0.973 bits per heavy atom. The van der Waals surface area contributed by atoms with Crippen LogP contribution in [0.4, 0.5) is 11.4 Å². The van der Waals surface area contributed by atoms with Gasteiger partial charge in [-0.2, -0.15) is 0 Å². The molecule has 1 fully saturated rings. The van der Waals surface area contributed by atoms with E-state index in [1.807, 2.05) is 17.0 Å². The predicted molar refractivity (Wildman–Crippen MR) is 152 cm³/mol. The Balaban J connectivity index is 1.33. The molecule has 0 radical (unpaired) electrons. The van der Waals surface area contributed by atoms with Gasteiger partial charge in [-0.25, -0.2) is 0 Å². The molecule has 0 aliphatic carbocycles. The molecule has 9 heteroatoms. The normalized spacial score (nSPS) is 14.0. The molecule has 0 bridgehead atoms. The minimum atomic E-state index is -0.320. The van der Waals surface area contributed by atoms with Crippen LogP contribution in [-0.4, -0.2) is 42.9 Å². The van der Waals surface area contributed by atoms with Crippen LogP contribution >= 0.6 is 34.8 Å². The highest BCUT2D eigenvalue weighted by Crippen LogP contribution is 2.32. The van der Waals surface area contributed by atoms with Crippen LogP contribution in [0.1, 0.15) is 26.0 Å². The van der Waals surface area contributed by atoms with E-state index in [2.05, 4.69) is 24.1 Å². The summed E-state index contributed by atoms with van der Waals surface area (Å²) < 4.78 is 5.79. The minimum absolute atomic E-state index is 0.200. The van der Waals surface area contributed by atoms with E-state index in [-0.39, 0.29) is 11.8 Å². The molecule has 1 aromatic heterocycles. The zero-order chi connectivity index (χ0) is 26.5. The molecule has 4 rings (SSSR count). The Kier molecular flexibility index (Phi) is 8.85. The highest BCUT2D eigenvalue weighted by atomic mass is 35.5. The van der Waals surface area contributed by atoms with Crippen molar-refractivity contribution >= 4 is 64.1 Å². The summed E-state index contributed by atoms with van der Waals surface area (Å²) in [5, 5.41) is 4.43. The van der Waals surface area contributed by atoms with Crippen molar-refractivity contribution in [3.05, 3.63) is 75.4 Å². The quantitative estimate of drug-likeness (QED) is 0.309. The maximum atomic E-state index is 12.5. The molecule has 1 aliphatic rings. The van der Waals surface area contributed by atoms with Crippen LogP contribution in [0.25, 0.3) is 17.4 Å². The van der Waals surface area contributed by atoms with Gasteiger partial charge in [-0.05, 0) is 60.5 Å². The molecule has 37 heavy (non-hydrogen) atoms. The van der Waals surface area contributed by atoms with Gasteiger partial charge in [-0.15, -0.1) is 0 Å². The van der Waals surface area contributed by atoms with E-state index in [0.29, 0.717) is 76.4 Å². The number of carbonyl (C=O) groups is 2. The zero-order valence-electron chi connectivity index (χ0n) is 20.6. The molecule has 1 saturated heterocycles. The lowest BCUT2D eigenvalue weighted by atomic mass is 10.1. The van der Waals surface area contributed by atoms with E-state index in [1.54, 1.807) is 42.5 Å². The van der Waals surface area contributed by atoms with Gasteiger partial charge in [0.05, 0.1) is 15.7 Å². The number of halogens is 3. The third-order valence-electron chi connectivity index (χ3n) is 5.99. The van der Waals surface area contributed by atoms with Crippen LogP contribution in [0.15, 0.2) is 59.0 Å². The minimum Gasteiger partial charge on any atom is -0.457 e.